The molecule has 2 aromatic carbocycles. The number of nitrogens with one attached hydrogen (secondary N) is 1. The van der Waals surface area contributed by atoms with Gasteiger partial charge < -0.3 is 9.47 Å². The Morgan fingerprint density at radius 3 is 2.77 bits per heavy atom. The van der Waals surface area contributed by atoms with Crippen LogP contribution in [-0.2, 0) is 0 Å². The van der Waals surface area contributed by atoms with Crippen molar-refractivity contribution in [1.82, 2.24) is 5.43 Å². The number of halogens is 1. The number of rotatable bonds is 3. The van der Waals surface area contributed by atoms with Crippen LogP contribution in [0.5, 0.6) is 11.5 Å². The molecule has 1 aliphatic heterocycles. The Kier molecular flexibility index (Phi) is 4.11. The topological polar surface area (TPSA) is 59.9 Å². The first kappa shape index (κ1) is 14.6. The van der Waals surface area contributed by atoms with Gasteiger partial charge in [-0.05, 0) is 42.8 Å². The Morgan fingerprint density at radius 1 is 1.14 bits per heavy atom. The molecule has 1 N–H and O–H groups in total. The van der Waals surface area contributed by atoms with E-state index in [9.17, 15) is 4.79 Å². The van der Waals surface area contributed by atoms with Gasteiger partial charge in [-0.1, -0.05) is 28.1 Å². The number of hydrogen-bond acceptors (Lipinski definition) is 4. The summed E-state index contributed by atoms with van der Waals surface area (Å²) in [7, 11) is 0. The highest BCUT2D eigenvalue weighted by atomic mass is 79.9. The van der Waals surface area contributed by atoms with Crippen molar-refractivity contribution < 1.29 is 14.3 Å². The largest absolute Gasteiger partial charge is 0.454 e. The SMILES string of the molecule is C/C(=N/NC(=O)c1ccc2c(c1)OCO2)c1cccc(Br)c1. The van der Waals surface area contributed by atoms with Gasteiger partial charge in [0.15, 0.2) is 11.5 Å². The second-order valence-electron chi connectivity index (χ2n) is 4.72. The van der Waals surface area contributed by atoms with Crippen LogP contribution >= 0.6 is 15.9 Å². The van der Waals surface area contributed by atoms with Gasteiger partial charge in [-0.3, -0.25) is 4.79 Å². The number of carbonyl (C=O) groups excluding carboxylic acids is 1. The molecule has 1 aliphatic rings. The molecule has 1 heterocycles. The number of ether oxygens (including phenoxy) is 2. The minimum atomic E-state index is -0.298. The first-order chi connectivity index (χ1) is 10.6. The fraction of sp³-hybridized carbons (Fsp3) is 0.125. The van der Waals surface area contributed by atoms with E-state index in [0.29, 0.717) is 17.1 Å². The first-order valence-corrected chi connectivity index (χ1v) is 7.43. The number of hydrogen-bond donors (Lipinski definition) is 1. The molecule has 0 radical (unpaired) electrons. The number of nitrogens with zero attached hydrogens (tertiary/aromatic N) is 1. The summed E-state index contributed by atoms with van der Waals surface area (Å²) < 4.78 is 11.4. The molecule has 22 heavy (non-hydrogen) atoms. The third kappa shape index (κ3) is 3.12. The third-order valence-electron chi connectivity index (χ3n) is 3.20. The molecule has 0 spiro atoms. The zero-order chi connectivity index (χ0) is 15.5. The van der Waals surface area contributed by atoms with Crippen molar-refractivity contribution in [3.05, 3.63) is 58.1 Å². The maximum absolute atomic E-state index is 12.1. The van der Waals surface area contributed by atoms with E-state index in [1.54, 1.807) is 18.2 Å². The van der Waals surface area contributed by atoms with E-state index >= 15 is 0 Å². The Labute approximate surface area is 136 Å². The van der Waals surface area contributed by atoms with Crippen LogP contribution < -0.4 is 14.9 Å². The Bertz CT molecular complexity index is 759. The molecule has 112 valence electrons. The summed E-state index contributed by atoms with van der Waals surface area (Å²) in [5, 5.41) is 4.13. The summed E-state index contributed by atoms with van der Waals surface area (Å²) >= 11 is 3.41. The van der Waals surface area contributed by atoms with Gasteiger partial charge in [-0.15, -0.1) is 0 Å². The van der Waals surface area contributed by atoms with Crippen LogP contribution in [0, 0.1) is 0 Å². The summed E-state index contributed by atoms with van der Waals surface area (Å²) in [5.41, 5.74) is 4.66. The van der Waals surface area contributed by atoms with Crippen LogP contribution in [0.1, 0.15) is 22.8 Å². The summed E-state index contributed by atoms with van der Waals surface area (Å²) in [6.07, 6.45) is 0. The van der Waals surface area contributed by atoms with Crippen molar-refractivity contribution in [3.63, 3.8) is 0 Å². The van der Waals surface area contributed by atoms with Crippen LogP contribution in [0.25, 0.3) is 0 Å². The van der Waals surface area contributed by atoms with Gasteiger partial charge in [0.2, 0.25) is 6.79 Å². The Morgan fingerprint density at radius 2 is 1.95 bits per heavy atom. The maximum Gasteiger partial charge on any atom is 0.271 e. The fourth-order valence-corrected chi connectivity index (χ4v) is 2.41. The second kappa shape index (κ2) is 6.19. The molecule has 0 aliphatic carbocycles. The average molecular weight is 361 g/mol. The van der Waals surface area contributed by atoms with Crippen molar-refractivity contribution in [2.75, 3.05) is 6.79 Å². The van der Waals surface area contributed by atoms with Gasteiger partial charge in [0.05, 0.1) is 5.71 Å². The lowest BCUT2D eigenvalue weighted by atomic mass is 10.1. The lowest BCUT2D eigenvalue weighted by molar-refractivity contribution is 0.0954. The summed E-state index contributed by atoms with van der Waals surface area (Å²) in [6.45, 7) is 2.02. The molecular weight excluding hydrogens is 348 g/mol. The van der Waals surface area contributed by atoms with Crippen LogP contribution in [0.2, 0.25) is 0 Å². The monoisotopic (exact) mass is 360 g/mol. The Balaban J connectivity index is 1.73. The maximum atomic E-state index is 12.1. The summed E-state index contributed by atoms with van der Waals surface area (Å²) in [6, 6.07) is 12.7. The highest BCUT2D eigenvalue weighted by Crippen LogP contribution is 2.32. The minimum Gasteiger partial charge on any atom is -0.454 e. The summed E-state index contributed by atoms with van der Waals surface area (Å²) in [4.78, 5) is 12.1. The van der Waals surface area contributed by atoms with E-state index in [2.05, 4.69) is 26.5 Å². The molecule has 0 saturated carbocycles. The number of hydrazone groups is 1. The van der Waals surface area contributed by atoms with Crippen LogP contribution in [0.4, 0.5) is 0 Å². The molecule has 0 unspecified atom stereocenters. The smallest absolute Gasteiger partial charge is 0.271 e. The van der Waals surface area contributed by atoms with Gasteiger partial charge in [-0.25, -0.2) is 5.43 Å². The van der Waals surface area contributed by atoms with Crippen LogP contribution in [0.3, 0.4) is 0 Å². The molecule has 0 saturated heterocycles. The van der Waals surface area contributed by atoms with Gasteiger partial charge >= 0.3 is 0 Å². The number of benzene rings is 2. The number of carbonyl (C=O) groups is 1. The predicted molar refractivity (Wildman–Crippen MR) is 86.4 cm³/mol. The Hall–Kier alpha value is -2.34. The van der Waals surface area contributed by atoms with Gasteiger partial charge in [0.25, 0.3) is 5.91 Å². The van der Waals surface area contributed by atoms with Crippen molar-refractivity contribution in [1.29, 1.82) is 0 Å². The van der Waals surface area contributed by atoms with E-state index in [0.717, 1.165) is 15.7 Å². The van der Waals surface area contributed by atoms with Gasteiger partial charge in [0, 0.05) is 10.0 Å². The molecule has 2 aromatic rings. The van der Waals surface area contributed by atoms with E-state index in [1.807, 2.05) is 31.2 Å². The molecule has 0 atom stereocenters. The van der Waals surface area contributed by atoms with E-state index in [1.165, 1.54) is 0 Å². The van der Waals surface area contributed by atoms with Crippen LogP contribution in [0.15, 0.2) is 52.0 Å². The third-order valence-corrected chi connectivity index (χ3v) is 3.70. The van der Waals surface area contributed by atoms with E-state index in [4.69, 9.17) is 9.47 Å². The second-order valence-corrected chi connectivity index (χ2v) is 5.63. The highest BCUT2D eigenvalue weighted by Gasteiger charge is 2.16. The van der Waals surface area contributed by atoms with Gasteiger partial charge in [-0.2, -0.15) is 5.10 Å². The first-order valence-electron chi connectivity index (χ1n) is 6.64. The molecule has 3 rings (SSSR count). The molecule has 6 heteroatoms. The number of amides is 1. The summed E-state index contributed by atoms with van der Waals surface area (Å²) in [5.74, 6) is 0.915. The van der Waals surface area contributed by atoms with Crippen molar-refractivity contribution >= 4 is 27.5 Å². The predicted octanol–water partition coefficient (Wildman–Crippen LogP) is 3.33. The zero-order valence-corrected chi connectivity index (χ0v) is 13.4. The standard InChI is InChI=1S/C16H13BrN2O3/c1-10(11-3-2-4-13(17)7-11)18-19-16(20)12-5-6-14-15(8-12)22-9-21-14/h2-8H,9H2,1H3,(H,19,20)/b18-10-. The molecular formula is C16H13BrN2O3. The molecule has 5 nitrogen and oxygen atoms in total. The fourth-order valence-electron chi connectivity index (χ4n) is 2.02. The molecule has 0 fully saturated rings. The normalized spacial score (nSPS) is 13.1. The van der Waals surface area contributed by atoms with Crippen molar-refractivity contribution in [3.8, 4) is 11.5 Å². The van der Waals surface area contributed by atoms with Crippen molar-refractivity contribution in [2.24, 2.45) is 5.10 Å². The van der Waals surface area contributed by atoms with E-state index < -0.39 is 0 Å². The molecule has 0 bridgehead atoms. The van der Waals surface area contributed by atoms with Gasteiger partial charge in [0.1, 0.15) is 0 Å². The molecule has 1 amide bonds. The number of fused-ring (bicyclic) bond motifs is 1. The highest BCUT2D eigenvalue weighted by molar-refractivity contribution is 9.10. The van der Waals surface area contributed by atoms with E-state index in [-0.39, 0.29) is 12.7 Å². The quantitative estimate of drug-likeness (QED) is 0.674. The lowest BCUT2D eigenvalue weighted by Crippen LogP contribution is -2.19. The average Bonchev–Trinajstić information content (AvgIpc) is 2.99. The molecule has 0 aromatic heterocycles. The van der Waals surface area contributed by atoms with Crippen LogP contribution in [-0.4, -0.2) is 18.4 Å². The minimum absolute atomic E-state index is 0.181. The van der Waals surface area contributed by atoms with Crippen molar-refractivity contribution in [2.45, 2.75) is 6.92 Å². The zero-order valence-electron chi connectivity index (χ0n) is 11.8. The lowest BCUT2D eigenvalue weighted by Gasteiger charge is -2.04.